The van der Waals surface area contributed by atoms with Crippen LogP contribution in [-0.2, 0) is 17.7 Å². The van der Waals surface area contributed by atoms with E-state index in [0.29, 0.717) is 31.4 Å². The lowest BCUT2D eigenvalue weighted by Crippen LogP contribution is -2.18. The van der Waals surface area contributed by atoms with Gasteiger partial charge in [-0.15, -0.1) is 10.2 Å². The molecule has 1 aromatic heterocycles. The lowest BCUT2D eigenvalue weighted by atomic mass is 10.2. The minimum absolute atomic E-state index is 0.575. The van der Waals surface area contributed by atoms with Crippen LogP contribution in [0.1, 0.15) is 17.3 Å². The summed E-state index contributed by atoms with van der Waals surface area (Å²) in [5.41, 5.74) is 1.17. The Morgan fingerprint density at radius 3 is 2.72 bits per heavy atom. The average Bonchev–Trinajstić information content (AvgIpc) is 2.84. The third-order valence-electron chi connectivity index (χ3n) is 2.47. The van der Waals surface area contributed by atoms with Crippen LogP contribution in [0.3, 0.4) is 0 Å². The molecule has 0 aliphatic heterocycles. The molecule has 5 nitrogen and oxygen atoms in total. The summed E-state index contributed by atoms with van der Waals surface area (Å²) >= 11 is 0. The van der Waals surface area contributed by atoms with E-state index in [2.05, 4.69) is 15.5 Å². The fraction of sp³-hybridized carbons (Fsp3) is 0.385. The average molecular weight is 247 g/mol. The Kier molecular flexibility index (Phi) is 4.87. The summed E-state index contributed by atoms with van der Waals surface area (Å²) in [6, 6.07) is 10.1. The molecule has 0 spiro atoms. The second kappa shape index (κ2) is 6.88. The predicted molar refractivity (Wildman–Crippen MR) is 67.1 cm³/mol. The number of nitrogens with one attached hydrogen (secondary N) is 1. The van der Waals surface area contributed by atoms with Gasteiger partial charge < -0.3 is 14.5 Å². The van der Waals surface area contributed by atoms with Crippen LogP contribution < -0.4 is 5.32 Å². The van der Waals surface area contributed by atoms with Gasteiger partial charge in [0.15, 0.2) is 0 Å². The Morgan fingerprint density at radius 1 is 1.17 bits per heavy atom. The molecule has 1 N–H and O–H groups in total. The minimum Gasteiger partial charge on any atom is -0.424 e. The molecule has 5 heteroatoms. The van der Waals surface area contributed by atoms with Crippen LogP contribution in [0.15, 0.2) is 34.7 Å². The first-order chi connectivity index (χ1) is 8.88. The number of hydrogen-bond donors (Lipinski definition) is 1. The number of rotatable bonds is 7. The molecular weight excluding hydrogens is 230 g/mol. The van der Waals surface area contributed by atoms with Gasteiger partial charge >= 0.3 is 0 Å². The van der Waals surface area contributed by atoms with Crippen LogP contribution in [0, 0.1) is 0 Å². The quantitative estimate of drug-likeness (QED) is 0.749. The van der Waals surface area contributed by atoms with E-state index in [-0.39, 0.29) is 0 Å². The van der Waals surface area contributed by atoms with Gasteiger partial charge in [0.05, 0.1) is 19.6 Å². The maximum absolute atomic E-state index is 5.54. The predicted octanol–water partition coefficient (Wildman–Crippen LogP) is 1.40. The molecule has 0 saturated heterocycles. The molecule has 2 rings (SSSR count). The summed E-state index contributed by atoms with van der Waals surface area (Å²) in [6.07, 6.45) is 0.673. The maximum atomic E-state index is 5.54. The highest BCUT2D eigenvalue weighted by atomic mass is 16.5. The van der Waals surface area contributed by atoms with Crippen molar-refractivity contribution in [2.75, 3.05) is 20.3 Å². The van der Waals surface area contributed by atoms with Crippen LogP contribution in [0.2, 0.25) is 0 Å². The summed E-state index contributed by atoms with van der Waals surface area (Å²) in [6.45, 7) is 2.02. The zero-order valence-corrected chi connectivity index (χ0v) is 10.4. The number of methoxy groups -OCH3 is 1. The molecule has 1 heterocycles. The van der Waals surface area contributed by atoms with E-state index in [1.165, 1.54) is 5.56 Å². The van der Waals surface area contributed by atoms with E-state index < -0.39 is 0 Å². The van der Waals surface area contributed by atoms with Crippen LogP contribution in [0.25, 0.3) is 0 Å². The van der Waals surface area contributed by atoms with Crippen molar-refractivity contribution in [1.82, 2.24) is 15.5 Å². The molecule has 1 aromatic carbocycles. The van der Waals surface area contributed by atoms with Gasteiger partial charge in [-0.2, -0.15) is 0 Å². The van der Waals surface area contributed by atoms with Gasteiger partial charge in [0.25, 0.3) is 0 Å². The lowest BCUT2D eigenvalue weighted by Gasteiger charge is -1.99. The Labute approximate surface area is 106 Å². The Hall–Kier alpha value is -1.72. The molecular formula is C13H17N3O2. The van der Waals surface area contributed by atoms with Crippen molar-refractivity contribution in [2.45, 2.75) is 13.0 Å². The minimum atomic E-state index is 0.575. The molecule has 96 valence electrons. The molecule has 0 bridgehead atoms. The fourth-order valence-corrected chi connectivity index (χ4v) is 1.57. The third kappa shape index (κ3) is 3.94. The molecule has 0 unspecified atom stereocenters. The first-order valence-corrected chi connectivity index (χ1v) is 5.93. The summed E-state index contributed by atoms with van der Waals surface area (Å²) in [7, 11) is 1.67. The topological polar surface area (TPSA) is 60.2 Å². The molecule has 0 saturated carbocycles. The lowest BCUT2D eigenvalue weighted by molar-refractivity contribution is 0.198. The number of benzene rings is 1. The highest BCUT2D eigenvalue weighted by Crippen LogP contribution is 2.07. The maximum Gasteiger partial charge on any atom is 0.230 e. The smallest absolute Gasteiger partial charge is 0.230 e. The second-order valence-corrected chi connectivity index (χ2v) is 3.92. The molecule has 18 heavy (non-hydrogen) atoms. The molecule has 2 aromatic rings. The fourth-order valence-electron chi connectivity index (χ4n) is 1.57. The highest BCUT2D eigenvalue weighted by Gasteiger charge is 2.06. The first kappa shape index (κ1) is 12.7. The van der Waals surface area contributed by atoms with Crippen molar-refractivity contribution in [3.05, 3.63) is 47.7 Å². The van der Waals surface area contributed by atoms with E-state index in [1.807, 2.05) is 30.3 Å². The van der Waals surface area contributed by atoms with Gasteiger partial charge in [0.2, 0.25) is 11.8 Å². The number of hydrogen-bond acceptors (Lipinski definition) is 5. The van der Waals surface area contributed by atoms with Crippen LogP contribution in [0.4, 0.5) is 0 Å². The number of ether oxygens (including phenoxy) is 1. The van der Waals surface area contributed by atoms with Crippen molar-refractivity contribution in [3.63, 3.8) is 0 Å². The van der Waals surface area contributed by atoms with Crippen molar-refractivity contribution >= 4 is 0 Å². The van der Waals surface area contributed by atoms with Crippen molar-refractivity contribution in [3.8, 4) is 0 Å². The van der Waals surface area contributed by atoms with E-state index in [4.69, 9.17) is 9.15 Å². The molecule has 0 amide bonds. The Morgan fingerprint density at radius 2 is 1.94 bits per heavy atom. The monoisotopic (exact) mass is 247 g/mol. The van der Waals surface area contributed by atoms with E-state index in [9.17, 15) is 0 Å². The van der Waals surface area contributed by atoms with Gasteiger partial charge in [-0.25, -0.2) is 0 Å². The zero-order chi connectivity index (χ0) is 12.6. The van der Waals surface area contributed by atoms with E-state index in [0.717, 1.165) is 6.54 Å². The standard InChI is InChI=1S/C13H17N3O2/c1-17-8-7-14-10-13-16-15-12(18-13)9-11-5-3-2-4-6-11/h2-6,14H,7-10H2,1H3. The van der Waals surface area contributed by atoms with Gasteiger partial charge in [-0.05, 0) is 5.56 Å². The summed E-state index contributed by atoms with van der Waals surface area (Å²) < 4.78 is 10.5. The molecule has 0 aliphatic rings. The molecule has 0 fully saturated rings. The molecule has 0 atom stereocenters. The molecule has 0 radical (unpaired) electrons. The largest absolute Gasteiger partial charge is 0.424 e. The second-order valence-electron chi connectivity index (χ2n) is 3.92. The van der Waals surface area contributed by atoms with Gasteiger partial charge in [-0.1, -0.05) is 30.3 Å². The van der Waals surface area contributed by atoms with Crippen LogP contribution in [-0.4, -0.2) is 30.5 Å². The summed E-state index contributed by atoms with van der Waals surface area (Å²) in [5, 5.41) is 11.2. The number of aromatic nitrogens is 2. The third-order valence-corrected chi connectivity index (χ3v) is 2.47. The van der Waals surface area contributed by atoms with Crippen LogP contribution in [0.5, 0.6) is 0 Å². The SMILES string of the molecule is COCCNCc1nnc(Cc2ccccc2)o1. The Bertz CT molecular complexity index is 456. The highest BCUT2D eigenvalue weighted by molar-refractivity contribution is 5.17. The van der Waals surface area contributed by atoms with Gasteiger partial charge in [0, 0.05) is 13.7 Å². The van der Waals surface area contributed by atoms with E-state index >= 15 is 0 Å². The van der Waals surface area contributed by atoms with Crippen molar-refractivity contribution in [1.29, 1.82) is 0 Å². The van der Waals surface area contributed by atoms with Crippen molar-refractivity contribution < 1.29 is 9.15 Å². The summed E-state index contributed by atoms with van der Waals surface area (Å²) in [5.74, 6) is 1.25. The van der Waals surface area contributed by atoms with E-state index in [1.54, 1.807) is 7.11 Å². The van der Waals surface area contributed by atoms with Crippen molar-refractivity contribution in [2.24, 2.45) is 0 Å². The van der Waals surface area contributed by atoms with Crippen LogP contribution >= 0.6 is 0 Å². The van der Waals surface area contributed by atoms with Gasteiger partial charge in [0.1, 0.15) is 0 Å². The first-order valence-electron chi connectivity index (χ1n) is 5.93. The summed E-state index contributed by atoms with van der Waals surface area (Å²) in [4.78, 5) is 0. The molecule has 0 aliphatic carbocycles. The zero-order valence-electron chi connectivity index (χ0n) is 10.4. The normalized spacial score (nSPS) is 10.7. The Balaban J connectivity index is 1.83. The number of nitrogens with zero attached hydrogens (tertiary/aromatic N) is 2. The van der Waals surface area contributed by atoms with Gasteiger partial charge in [-0.3, -0.25) is 0 Å².